The van der Waals surface area contributed by atoms with Gasteiger partial charge in [0, 0.05) is 19.2 Å². The molecule has 5 aromatic rings. The molecule has 0 aliphatic heterocycles. The first-order valence-electron chi connectivity index (χ1n) is 11.1. The maximum Gasteiger partial charge on any atom is 0.573 e. The van der Waals surface area contributed by atoms with Crippen molar-refractivity contribution >= 4 is 28.6 Å². The second-order valence-electron chi connectivity index (χ2n) is 8.16. The third-order valence-electron chi connectivity index (χ3n) is 5.42. The maximum atomic E-state index is 14.3. The molecule has 0 atom stereocenters. The number of alkyl halides is 3. The molecule has 0 saturated carbocycles. The van der Waals surface area contributed by atoms with Crippen LogP contribution in [0.4, 0.5) is 17.6 Å². The molecule has 3 heterocycles. The Morgan fingerprint density at radius 3 is 2.54 bits per heavy atom. The third-order valence-corrected chi connectivity index (χ3v) is 5.42. The molecule has 11 nitrogen and oxygen atoms in total. The van der Waals surface area contributed by atoms with Gasteiger partial charge in [-0.3, -0.25) is 14.6 Å². The molecule has 0 unspecified atom stereocenters. The van der Waals surface area contributed by atoms with E-state index in [4.69, 9.17) is 4.42 Å². The van der Waals surface area contributed by atoms with E-state index >= 15 is 0 Å². The number of hydrogen-bond acceptors (Lipinski definition) is 7. The number of nitrogens with one attached hydrogen (secondary N) is 3. The van der Waals surface area contributed by atoms with Gasteiger partial charge in [0.25, 0.3) is 11.8 Å². The minimum Gasteiger partial charge on any atom is -0.408 e. The monoisotopic (exact) mass is 544 g/mol. The highest BCUT2D eigenvalue weighted by atomic mass is 19.4. The van der Waals surface area contributed by atoms with Crippen molar-refractivity contribution in [3.63, 3.8) is 0 Å². The first-order chi connectivity index (χ1) is 18.6. The number of benzene rings is 2. The SMILES string of the molecule is O=C(NCc1ccc2oc(=O)[nH]c2c1)c1cc(C(=O)NCc2cccc(OC(F)(F)F)c2)n2ncc(F)c2n1. The van der Waals surface area contributed by atoms with E-state index in [1.807, 2.05) is 0 Å². The Kier molecular flexibility index (Phi) is 6.47. The fourth-order valence-corrected chi connectivity index (χ4v) is 3.72. The Morgan fingerprint density at radius 1 is 1.03 bits per heavy atom. The quantitative estimate of drug-likeness (QED) is 0.267. The summed E-state index contributed by atoms with van der Waals surface area (Å²) in [5.74, 6) is -3.50. The molecule has 0 aliphatic rings. The summed E-state index contributed by atoms with van der Waals surface area (Å²) in [7, 11) is 0. The van der Waals surface area contributed by atoms with Crippen LogP contribution in [-0.2, 0) is 13.1 Å². The van der Waals surface area contributed by atoms with E-state index in [1.165, 1.54) is 12.1 Å². The highest BCUT2D eigenvalue weighted by molar-refractivity contribution is 5.98. The van der Waals surface area contributed by atoms with Gasteiger partial charge in [0.2, 0.25) is 0 Å². The standard InChI is InChI=1S/C24H16F4N6O5/c25-15-11-31-34-18(22(36)30-9-12-2-1-3-14(6-12)39-24(26,27)28)8-17(32-20(15)34)21(35)29-10-13-4-5-19-16(7-13)33-23(37)38-19/h1-8,11H,9-10H2,(H,29,35)(H,30,36)(H,33,37). The number of H-pyrrole nitrogens is 1. The van der Waals surface area contributed by atoms with Crippen molar-refractivity contribution in [2.24, 2.45) is 0 Å². The topological polar surface area (TPSA) is 144 Å². The van der Waals surface area contributed by atoms with E-state index in [2.05, 4.69) is 30.4 Å². The van der Waals surface area contributed by atoms with Gasteiger partial charge in [-0.2, -0.15) is 5.10 Å². The van der Waals surface area contributed by atoms with Gasteiger partial charge in [0.1, 0.15) is 17.1 Å². The van der Waals surface area contributed by atoms with Crippen LogP contribution in [0.1, 0.15) is 32.1 Å². The number of carbonyl (C=O) groups excluding carboxylic acids is 2. The Labute approximate surface area is 214 Å². The van der Waals surface area contributed by atoms with E-state index in [1.54, 1.807) is 18.2 Å². The molecule has 200 valence electrons. The number of halogens is 4. The Balaban J connectivity index is 1.33. The number of nitrogens with zero attached hydrogens (tertiary/aromatic N) is 3. The lowest BCUT2D eigenvalue weighted by molar-refractivity contribution is -0.274. The van der Waals surface area contributed by atoms with Crippen LogP contribution in [0.5, 0.6) is 5.75 Å². The number of rotatable bonds is 7. The number of carbonyl (C=O) groups is 2. The van der Waals surface area contributed by atoms with Crippen LogP contribution in [0.2, 0.25) is 0 Å². The van der Waals surface area contributed by atoms with Crippen LogP contribution in [0.3, 0.4) is 0 Å². The zero-order valence-electron chi connectivity index (χ0n) is 19.5. The molecule has 0 saturated heterocycles. The van der Waals surface area contributed by atoms with Gasteiger partial charge < -0.3 is 19.8 Å². The van der Waals surface area contributed by atoms with Gasteiger partial charge in [0.05, 0.1) is 11.7 Å². The van der Waals surface area contributed by atoms with Crippen LogP contribution in [0.25, 0.3) is 16.7 Å². The van der Waals surface area contributed by atoms with E-state index in [0.29, 0.717) is 16.7 Å². The minimum atomic E-state index is -4.88. The zero-order chi connectivity index (χ0) is 27.7. The summed E-state index contributed by atoms with van der Waals surface area (Å²) in [6, 6.07) is 10.9. The van der Waals surface area contributed by atoms with Crippen LogP contribution in [-0.4, -0.2) is 37.8 Å². The molecule has 0 radical (unpaired) electrons. The second kappa shape index (κ2) is 9.92. The third kappa shape index (κ3) is 5.71. The van der Waals surface area contributed by atoms with Crippen molar-refractivity contribution < 1.29 is 36.3 Å². The summed E-state index contributed by atoms with van der Waals surface area (Å²) in [4.78, 5) is 43.5. The second-order valence-corrected chi connectivity index (χ2v) is 8.16. The van der Waals surface area contributed by atoms with Gasteiger partial charge in [-0.05, 0) is 35.4 Å². The number of aromatic amines is 1. The number of hydrogen-bond donors (Lipinski definition) is 3. The lowest BCUT2D eigenvalue weighted by atomic mass is 10.2. The van der Waals surface area contributed by atoms with Gasteiger partial charge in [-0.25, -0.2) is 18.7 Å². The molecule has 0 aliphatic carbocycles. The van der Waals surface area contributed by atoms with Crippen molar-refractivity contribution in [2.45, 2.75) is 19.5 Å². The number of aromatic nitrogens is 4. The molecule has 0 fully saturated rings. The summed E-state index contributed by atoms with van der Waals surface area (Å²) in [5, 5.41) is 8.87. The summed E-state index contributed by atoms with van der Waals surface area (Å²) in [6.45, 7) is -0.198. The van der Waals surface area contributed by atoms with Crippen molar-refractivity contribution in [3.8, 4) is 5.75 Å². The molecule has 0 spiro atoms. The zero-order valence-corrected chi connectivity index (χ0v) is 19.5. The molecule has 5 rings (SSSR count). The van der Waals surface area contributed by atoms with Crippen molar-refractivity contribution in [2.75, 3.05) is 0 Å². The van der Waals surface area contributed by atoms with E-state index < -0.39 is 35.5 Å². The van der Waals surface area contributed by atoms with Gasteiger partial charge in [-0.15, -0.1) is 13.2 Å². The predicted octanol–water partition coefficient (Wildman–Crippen LogP) is 3.06. The fraction of sp³-hybridized carbons (Fsp3) is 0.125. The van der Waals surface area contributed by atoms with Crippen LogP contribution in [0.15, 0.2) is 63.9 Å². The molecule has 2 amide bonds. The molecular weight excluding hydrogens is 528 g/mol. The number of amides is 2. The Morgan fingerprint density at radius 2 is 1.77 bits per heavy atom. The Hall–Kier alpha value is -5.21. The number of fused-ring (bicyclic) bond motifs is 2. The normalized spacial score (nSPS) is 11.6. The summed E-state index contributed by atoms with van der Waals surface area (Å²) in [6.07, 6.45) is -4.06. The summed E-state index contributed by atoms with van der Waals surface area (Å²) < 4.78 is 61.5. The van der Waals surface area contributed by atoms with Crippen LogP contribution >= 0.6 is 0 Å². The largest absolute Gasteiger partial charge is 0.573 e. The first-order valence-corrected chi connectivity index (χ1v) is 11.1. The lowest BCUT2D eigenvalue weighted by Gasteiger charge is -2.11. The molecule has 15 heteroatoms. The predicted molar refractivity (Wildman–Crippen MR) is 125 cm³/mol. The average Bonchev–Trinajstić information content (AvgIpc) is 3.45. The van der Waals surface area contributed by atoms with E-state index in [9.17, 15) is 31.9 Å². The van der Waals surface area contributed by atoms with Crippen LogP contribution in [0, 0.1) is 5.82 Å². The lowest BCUT2D eigenvalue weighted by Crippen LogP contribution is -2.28. The highest BCUT2D eigenvalue weighted by Crippen LogP contribution is 2.23. The average molecular weight is 544 g/mol. The van der Waals surface area contributed by atoms with E-state index in [0.717, 1.165) is 28.9 Å². The molecule has 0 bridgehead atoms. The molecule has 3 aromatic heterocycles. The van der Waals surface area contributed by atoms with E-state index in [-0.39, 0.29) is 35.7 Å². The molecule has 39 heavy (non-hydrogen) atoms. The fourth-order valence-electron chi connectivity index (χ4n) is 3.72. The summed E-state index contributed by atoms with van der Waals surface area (Å²) >= 11 is 0. The number of ether oxygens (including phenoxy) is 1. The Bertz CT molecular complexity index is 1770. The number of oxazole rings is 1. The van der Waals surface area contributed by atoms with Crippen molar-refractivity contribution in [3.05, 3.63) is 93.6 Å². The molecule has 3 N–H and O–H groups in total. The van der Waals surface area contributed by atoms with Gasteiger partial charge in [0.15, 0.2) is 17.0 Å². The van der Waals surface area contributed by atoms with Gasteiger partial charge in [-0.1, -0.05) is 18.2 Å². The maximum absolute atomic E-state index is 14.3. The van der Waals surface area contributed by atoms with Crippen LogP contribution < -0.4 is 21.1 Å². The van der Waals surface area contributed by atoms with Gasteiger partial charge >= 0.3 is 12.1 Å². The molecular formula is C24H16F4N6O5. The smallest absolute Gasteiger partial charge is 0.408 e. The van der Waals surface area contributed by atoms with Crippen molar-refractivity contribution in [1.82, 2.24) is 30.2 Å². The minimum absolute atomic E-state index is 0.00839. The van der Waals surface area contributed by atoms with Crippen molar-refractivity contribution in [1.29, 1.82) is 0 Å². The summed E-state index contributed by atoms with van der Waals surface area (Å²) in [5.41, 5.74) is 0.760. The highest BCUT2D eigenvalue weighted by Gasteiger charge is 2.31. The molecule has 2 aromatic carbocycles. The first kappa shape index (κ1) is 25.4.